The minimum atomic E-state index is -0.680. The van der Waals surface area contributed by atoms with Gasteiger partial charge in [-0.1, -0.05) is 25.1 Å². The Balaban J connectivity index is 1.40. The molecule has 0 saturated carbocycles. The van der Waals surface area contributed by atoms with E-state index in [1.165, 1.54) is 5.69 Å². The van der Waals surface area contributed by atoms with E-state index in [4.69, 9.17) is 10.1 Å². The van der Waals surface area contributed by atoms with Crippen LogP contribution in [0.3, 0.4) is 0 Å². The van der Waals surface area contributed by atoms with Crippen LogP contribution in [0, 0.1) is 11.3 Å². The van der Waals surface area contributed by atoms with Gasteiger partial charge in [0.2, 0.25) is 5.95 Å². The van der Waals surface area contributed by atoms with Crippen molar-refractivity contribution < 1.29 is 0 Å². The van der Waals surface area contributed by atoms with Gasteiger partial charge in [-0.25, -0.2) is 9.97 Å². The van der Waals surface area contributed by atoms with Gasteiger partial charge in [0.1, 0.15) is 5.54 Å². The van der Waals surface area contributed by atoms with Crippen LogP contribution in [0.25, 0.3) is 22.2 Å². The van der Waals surface area contributed by atoms with Crippen molar-refractivity contribution in [2.75, 3.05) is 43.4 Å². The number of aromatic nitrogens is 4. The topological polar surface area (TPSA) is 85.9 Å². The van der Waals surface area contributed by atoms with E-state index in [-0.39, 0.29) is 0 Å². The molecule has 0 amide bonds. The zero-order valence-corrected chi connectivity index (χ0v) is 20.4. The number of fused-ring (bicyclic) bond motifs is 1. The van der Waals surface area contributed by atoms with E-state index >= 15 is 0 Å². The summed E-state index contributed by atoms with van der Waals surface area (Å²) in [5, 5.41) is 18.6. The summed E-state index contributed by atoms with van der Waals surface area (Å²) in [4.78, 5) is 14.1. The van der Waals surface area contributed by atoms with Gasteiger partial charge in [0.15, 0.2) is 0 Å². The zero-order chi connectivity index (χ0) is 24.4. The number of rotatable bonds is 6. The van der Waals surface area contributed by atoms with Crippen molar-refractivity contribution in [2.45, 2.75) is 25.8 Å². The fraction of sp³-hybridized carbons (Fsp3) is 0.333. The predicted molar refractivity (Wildman–Crippen MR) is 140 cm³/mol. The fourth-order valence-electron chi connectivity index (χ4n) is 4.31. The second-order valence-corrected chi connectivity index (χ2v) is 9.28. The maximum atomic E-state index is 9.62. The Bertz CT molecular complexity index is 1360. The van der Waals surface area contributed by atoms with Crippen molar-refractivity contribution in [3.05, 3.63) is 60.9 Å². The summed E-state index contributed by atoms with van der Waals surface area (Å²) in [6.45, 7) is 8.14. The number of para-hydroxylation sites is 1. The predicted octanol–water partition coefficient (Wildman–Crippen LogP) is 4.64. The number of anilines is 3. The summed E-state index contributed by atoms with van der Waals surface area (Å²) in [5.74, 6) is 0.534. The van der Waals surface area contributed by atoms with Crippen LogP contribution in [-0.4, -0.2) is 57.9 Å². The highest BCUT2D eigenvalue weighted by Crippen LogP contribution is 2.29. The molecule has 0 radical (unpaired) electrons. The van der Waals surface area contributed by atoms with Gasteiger partial charge in [0.25, 0.3) is 0 Å². The first-order chi connectivity index (χ1) is 17.0. The highest BCUT2D eigenvalue weighted by molar-refractivity contribution is 5.92. The summed E-state index contributed by atoms with van der Waals surface area (Å²) in [7, 11) is 2.17. The molecule has 4 aromatic rings. The van der Waals surface area contributed by atoms with Crippen LogP contribution in [0.15, 0.2) is 60.9 Å². The minimum absolute atomic E-state index is 0.534. The summed E-state index contributed by atoms with van der Waals surface area (Å²) in [5.41, 5.74) is 4.01. The lowest BCUT2D eigenvalue weighted by Gasteiger charge is -2.34. The third-order valence-corrected chi connectivity index (χ3v) is 6.90. The minimum Gasteiger partial charge on any atom is -0.369 e. The quantitative estimate of drug-likeness (QED) is 0.443. The van der Waals surface area contributed by atoms with Gasteiger partial charge in [-0.2, -0.15) is 10.4 Å². The fourth-order valence-corrected chi connectivity index (χ4v) is 4.31. The number of likely N-dealkylation sites (N-methyl/N-ethyl adjacent to an activating group) is 1. The Morgan fingerprint density at radius 2 is 1.83 bits per heavy atom. The summed E-state index contributed by atoms with van der Waals surface area (Å²) < 4.78 is 1.74. The van der Waals surface area contributed by atoms with Crippen LogP contribution >= 0.6 is 0 Å². The van der Waals surface area contributed by atoms with E-state index in [2.05, 4.69) is 57.5 Å². The maximum absolute atomic E-state index is 9.62. The molecule has 1 unspecified atom stereocenters. The van der Waals surface area contributed by atoms with Crippen molar-refractivity contribution in [3.63, 3.8) is 0 Å². The molecular formula is C27H30N8. The van der Waals surface area contributed by atoms with Gasteiger partial charge in [-0.3, -0.25) is 4.68 Å². The highest BCUT2D eigenvalue weighted by Gasteiger charge is 2.25. The first-order valence-corrected chi connectivity index (χ1v) is 12.0. The molecule has 8 heteroatoms. The largest absolute Gasteiger partial charge is 0.369 e. The number of benzene rings is 2. The average Bonchev–Trinajstić information content (AvgIpc) is 3.40. The smallest absolute Gasteiger partial charge is 0.227 e. The molecule has 3 heterocycles. The van der Waals surface area contributed by atoms with Crippen LogP contribution in [0.4, 0.5) is 17.3 Å². The van der Waals surface area contributed by atoms with E-state index in [1.807, 2.05) is 50.5 Å². The normalized spacial score (nSPS) is 16.1. The van der Waals surface area contributed by atoms with E-state index < -0.39 is 5.54 Å². The van der Waals surface area contributed by atoms with E-state index in [0.29, 0.717) is 12.4 Å². The molecule has 0 bridgehead atoms. The van der Waals surface area contributed by atoms with Crippen molar-refractivity contribution in [3.8, 4) is 17.3 Å². The number of nitrogens with zero attached hydrogens (tertiary/aromatic N) is 7. The van der Waals surface area contributed by atoms with Gasteiger partial charge in [-0.05, 0) is 50.7 Å². The number of hydrogen-bond donors (Lipinski definition) is 1. The monoisotopic (exact) mass is 466 g/mol. The van der Waals surface area contributed by atoms with Crippen LogP contribution < -0.4 is 10.2 Å². The zero-order valence-electron chi connectivity index (χ0n) is 20.4. The van der Waals surface area contributed by atoms with Gasteiger partial charge >= 0.3 is 0 Å². The molecule has 178 valence electrons. The van der Waals surface area contributed by atoms with Crippen molar-refractivity contribution in [1.29, 1.82) is 5.26 Å². The second kappa shape index (κ2) is 9.35. The Morgan fingerprint density at radius 1 is 1.06 bits per heavy atom. The molecule has 5 rings (SSSR count). The molecule has 1 atom stereocenters. The van der Waals surface area contributed by atoms with E-state index in [1.54, 1.807) is 4.68 Å². The second-order valence-electron chi connectivity index (χ2n) is 9.28. The van der Waals surface area contributed by atoms with Crippen molar-refractivity contribution in [2.24, 2.45) is 0 Å². The lowest BCUT2D eigenvalue weighted by molar-refractivity contribution is 0.313. The molecule has 35 heavy (non-hydrogen) atoms. The van der Waals surface area contributed by atoms with Crippen molar-refractivity contribution in [1.82, 2.24) is 24.6 Å². The average molecular weight is 467 g/mol. The molecule has 1 N–H and O–H groups in total. The van der Waals surface area contributed by atoms with E-state index in [0.717, 1.165) is 54.0 Å². The number of nitriles is 1. The van der Waals surface area contributed by atoms with Gasteiger partial charge < -0.3 is 15.1 Å². The number of hydrogen-bond acceptors (Lipinski definition) is 7. The Morgan fingerprint density at radius 3 is 2.54 bits per heavy atom. The van der Waals surface area contributed by atoms with Crippen LogP contribution in [-0.2, 0) is 5.54 Å². The molecule has 1 aliphatic heterocycles. The van der Waals surface area contributed by atoms with Crippen LogP contribution in [0.2, 0.25) is 0 Å². The molecule has 2 aromatic heterocycles. The van der Waals surface area contributed by atoms with Gasteiger partial charge in [0, 0.05) is 60.9 Å². The SMILES string of the molecule is CCC(C)(C#N)n1ccc(-c2cccc3cnc(Nc4ccc(N5CCN(C)CC5)cc4)nc23)n1. The third-order valence-electron chi connectivity index (χ3n) is 6.90. The van der Waals surface area contributed by atoms with Crippen LogP contribution in [0.5, 0.6) is 0 Å². The molecule has 2 aromatic carbocycles. The Kier molecular flexibility index (Phi) is 6.10. The summed E-state index contributed by atoms with van der Waals surface area (Å²) in [6.07, 6.45) is 4.36. The molecule has 8 nitrogen and oxygen atoms in total. The highest BCUT2D eigenvalue weighted by atomic mass is 15.3. The van der Waals surface area contributed by atoms with E-state index in [9.17, 15) is 5.26 Å². The molecule has 1 aliphatic rings. The molecule has 1 fully saturated rings. The standard InChI is InChI=1S/C27H30N8/c1-4-27(2,19-28)35-13-12-24(32-35)23-7-5-6-20-18-29-26(31-25(20)23)30-21-8-10-22(11-9-21)34-16-14-33(3)15-17-34/h5-13,18H,4,14-17H2,1-3H3,(H,29,30,31). The maximum Gasteiger partial charge on any atom is 0.227 e. The molecular weight excluding hydrogens is 436 g/mol. The first-order valence-electron chi connectivity index (χ1n) is 12.0. The van der Waals surface area contributed by atoms with Crippen LogP contribution in [0.1, 0.15) is 20.3 Å². The Labute approximate surface area is 205 Å². The first kappa shape index (κ1) is 22.8. The van der Waals surface area contributed by atoms with Gasteiger partial charge in [0.05, 0.1) is 17.3 Å². The Hall–Kier alpha value is -3.96. The lowest BCUT2D eigenvalue weighted by atomic mass is 10.0. The molecule has 0 spiro atoms. The third kappa shape index (κ3) is 4.55. The number of nitrogens with one attached hydrogen (secondary N) is 1. The molecule has 1 saturated heterocycles. The molecule has 0 aliphatic carbocycles. The van der Waals surface area contributed by atoms with Gasteiger partial charge in [-0.15, -0.1) is 0 Å². The summed E-state index contributed by atoms with van der Waals surface area (Å²) >= 11 is 0. The lowest BCUT2D eigenvalue weighted by Crippen LogP contribution is -2.44. The summed E-state index contributed by atoms with van der Waals surface area (Å²) in [6, 6.07) is 18.7. The van der Waals surface area contributed by atoms with Crippen molar-refractivity contribution >= 4 is 28.2 Å². The number of piperazine rings is 1.